The molecule has 0 aromatic heterocycles. The van der Waals surface area contributed by atoms with Crippen LogP contribution in [0.2, 0.25) is 0 Å². The number of nitro benzene ring substituents is 1. The van der Waals surface area contributed by atoms with Gasteiger partial charge in [-0.1, -0.05) is 46.3 Å². The highest BCUT2D eigenvalue weighted by Crippen LogP contribution is 2.39. The van der Waals surface area contributed by atoms with Crippen molar-refractivity contribution >= 4 is 50.2 Å². The van der Waals surface area contributed by atoms with Crippen LogP contribution in [0.5, 0.6) is 0 Å². The molecule has 138 valence electrons. The van der Waals surface area contributed by atoms with Crippen molar-refractivity contribution in [2.75, 3.05) is 10.6 Å². The van der Waals surface area contributed by atoms with Crippen molar-refractivity contribution in [3.63, 3.8) is 0 Å². The number of nitrogens with one attached hydrogen (secondary N) is 2. The Hall–Kier alpha value is -3.45. The first-order valence-corrected chi connectivity index (χ1v) is 9.24. The van der Waals surface area contributed by atoms with Crippen molar-refractivity contribution in [1.29, 1.82) is 0 Å². The number of halogens is 1. The second-order valence-corrected chi connectivity index (χ2v) is 7.10. The molecule has 1 amide bonds. The Morgan fingerprint density at radius 2 is 1.71 bits per heavy atom. The maximum atomic E-state index is 12.8. The normalized spacial score (nSPS) is 14.2. The number of rotatable bonds is 4. The predicted molar refractivity (Wildman–Crippen MR) is 113 cm³/mol. The lowest BCUT2D eigenvalue weighted by atomic mass is 9.99. The lowest BCUT2D eigenvalue weighted by Crippen LogP contribution is -2.10. The summed E-state index contributed by atoms with van der Waals surface area (Å²) in [6.07, 6.45) is 0. The Morgan fingerprint density at radius 3 is 2.39 bits per heavy atom. The van der Waals surface area contributed by atoms with E-state index >= 15 is 0 Å². The van der Waals surface area contributed by atoms with Gasteiger partial charge in [0.15, 0.2) is 0 Å². The van der Waals surface area contributed by atoms with Crippen molar-refractivity contribution < 1.29 is 9.72 Å². The van der Waals surface area contributed by atoms with Crippen molar-refractivity contribution in [2.24, 2.45) is 0 Å². The molecule has 0 radical (unpaired) electrons. The molecule has 0 aliphatic carbocycles. The average molecular weight is 436 g/mol. The zero-order valence-corrected chi connectivity index (χ0v) is 16.1. The largest absolute Gasteiger partial charge is 0.354 e. The van der Waals surface area contributed by atoms with Gasteiger partial charge >= 0.3 is 0 Å². The van der Waals surface area contributed by atoms with E-state index in [1.807, 2.05) is 54.6 Å². The van der Waals surface area contributed by atoms with Crippen LogP contribution in [0.4, 0.5) is 17.1 Å². The van der Waals surface area contributed by atoms with Gasteiger partial charge in [-0.15, -0.1) is 0 Å². The minimum Gasteiger partial charge on any atom is -0.354 e. The van der Waals surface area contributed by atoms with Crippen LogP contribution in [0.25, 0.3) is 11.3 Å². The van der Waals surface area contributed by atoms with Crippen molar-refractivity contribution in [2.45, 2.75) is 0 Å². The molecule has 0 fully saturated rings. The highest BCUT2D eigenvalue weighted by atomic mass is 79.9. The number of non-ortho nitro benzene ring substituents is 1. The maximum Gasteiger partial charge on any atom is 0.270 e. The summed E-state index contributed by atoms with van der Waals surface area (Å²) in [5, 5.41) is 17.3. The number of carbonyl (C=O) groups excluding carboxylic acids is 1. The number of amides is 1. The summed E-state index contributed by atoms with van der Waals surface area (Å²) >= 11 is 3.41. The fraction of sp³-hybridized carbons (Fsp3) is 0. The topological polar surface area (TPSA) is 84.3 Å². The van der Waals surface area contributed by atoms with Gasteiger partial charge in [0, 0.05) is 33.5 Å². The second kappa shape index (κ2) is 7.28. The number of nitrogens with zero attached hydrogens (tertiary/aromatic N) is 1. The molecule has 4 rings (SSSR count). The van der Waals surface area contributed by atoms with Gasteiger partial charge in [0.1, 0.15) is 0 Å². The van der Waals surface area contributed by atoms with Gasteiger partial charge in [-0.2, -0.15) is 0 Å². The Balaban J connectivity index is 1.92. The molecule has 0 saturated heterocycles. The summed E-state index contributed by atoms with van der Waals surface area (Å²) in [6.45, 7) is 0. The van der Waals surface area contributed by atoms with E-state index in [1.165, 1.54) is 12.1 Å². The van der Waals surface area contributed by atoms with E-state index in [-0.39, 0.29) is 11.6 Å². The number of carbonyl (C=O) groups is 1. The number of hydrogen-bond acceptors (Lipinski definition) is 4. The predicted octanol–water partition coefficient (Wildman–Crippen LogP) is 5.29. The van der Waals surface area contributed by atoms with Crippen LogP contribution in [0.15, 0.2) is 77.3 Å². The summed E-state index contributed by atoms with van der Waals surface area (Å²) in [7, 11) is 0. The molecule has 28 heavy (non-hydrogen) atoms. The first kappa shape index (κ1) is 17.9. The molecule has 1 heterocycles. The van der Waals surface area contributed by atoms with Gasteiger partial charge in [0.25, 0.3) is 11.6 Å². The average Bonchev–Trinajstić information content (AvgIpc) is 3.03. The van der Waals surface area contributed by atoms with Gasteiger partial charge < -0.3 is 10.6 Å². The minimum atomic E-state index is -0.467. The van der Waals surface area contributed by atoms with E-state index in [9.17, 15) is 14.9 Å². The summed E-state index contributed by atoms with van der Waals surface area (Å²) in [4.78, 5) is 23.5. The van der Waals surface area contributed by atoms with E-state index < -0.39 is 4.92 Å². The smallest absolute Gasteiger partial charge is 0.270 e. The molecule has 3 aromatic rings. The molecule has 7 heteroatoms. The second-order valence-electron chi connectivity index (χ2n) is 6.19. The van der Waals surface area contributed by atoms with Crippen LogP contribution < -0.4 is 10.6 Å². The molecule has 0 spiro atoms. The van der Waals surface area contributed by atoms with Gasteiger partial charge in [-0.25, -0.2) is 0 Å². The molecular weight excluding hydrogens is 422 g/mol. The van der Waals surface area contributed by atoms with Crippen LogP contribution in [0.1, 0.15) is 11.1 Å². The number of anilines is 2. The third-order valence-electron chi connectivity index (χ3n) is 4.38. The molecular formula is C21H14BrN3O3. The lowest BCUT2D eigenvalue weighted by Gasteiger charge is -2.14. The number of fused-ring (bicyclic) bond motifs is 1. The Morgan fingerprint density at radius 1 is 1.00 bits per heavy atom. The monoisotopic (exact) mass is 435 g/mol. The zero-order valence-electron chi connectivity index (χ0n) is 14.5. The van der Waals surface area contributed by atoms with Crippen molar-refractivity contribution in [3.05, 3.63) is 98.5 Å². The van der Waals surface area contributed by atoms with E-state index in [1.54, 1.807) is 6.07 Å². The molecule has 0 atom stereocenters. The molecule has 1 aliphatic rings. The van der Waals surface area contributed by atoms with Crippen LogP contribution in [0, 0.1) is 10.1 Å². The Kier molecular flexibility index (Phi) is 4.67. The van der Waals surface area contributed by atoms with Crippen LogP contribution in [-0.4, -0.2) is 10.8 Å². The standard InChI is InChI=1S/C21H14BrN3O3/c22-14-6-8-15(9-7-14)23-20(13-4-2-1-3-5-13)19-17-12-16(25(27)28)10-11-18(17)24-21(19)26/h1-12,23H,(H,24,26). The SMILES string of the molecule is O=C1Nc2ccc([N+](=O)[O-])cc2C1=C(Nc1ccc(Br)cc1)c1ccccc1. The summed E-state index contributed by atoms with van der Waals surface area (Å²) in [5.74, 6) is -0.307. The fourth-order valence-electron chi connectivity index (χ4n) is 3.08. The van der Waals surface area contributed by atoms with Crippen LogP contribution in [0.3, 0.4) is 0 Å². The van der Waals surface area contributed by atoms with Crippen LogP contribution in [-0.2, 0) is 4.79 Å². The third-order valence-corrected chi connectivity index (χ3v) is 4.91. The lowest BCUT2D eigenvalue weighted by molar-refractivity contribution is -0.384. The van der Waals surface area contributed by atoms with E-state index in [0.717, 1.165) is 15.7 Å². The zero-order chi connectivity index (χ0) is 19.7. The highest BCUT2D eigenvalue weighted by molar-refractivity contribution is 9.10. The minimum absolute atomic E-state index is 0.0659. The first-order valence-electron chi connectivity index (χ1n) is 8.45. The fourth-order valence-corrected chi connectivity index (χ4v) is 3.34. The first-order chi connectivity index (χ1) is 13.5. The maximum absolute atomic E-state index is 12.8. The van der Waals surface area contributed by atoms with E-state index in [0.29, 0.717) is 22.5 Å². The molecule has 0 bridgehead atoms. The van der Waals surface area contributed by atoms with Crippen molar-refractivity contribution in [1.82, 2.24) is 0 Å². The number of hydrogen-bond donors (Lipinski definition) is 2. The van der Waals surface area contributed by atoms with Crippen LogP contribution >= 0.6 is 15.9 Å². The van der Waals surface area contributed by atoms with Gasteiger partial charge in [0.2, 0.25) is 0 Å². The Bertz CT molecular complexity index is 1110. The third kappa shape index (κ3) is 3.39. The van der Waals surface area contributed by atoms with Gasteiger partial charge in [-0.05, 0) is 35.9 Å². The molecule has 0 unspecified atom stereocenters. The summed E-state index contributed by atoms with van der Waals surface area (Å²) < 4.78 is 0.937. The van der Waals surface area contributed by atoms with Crippen molar-refractivity contribution in [3.8, 4) is 0 Å². The summed E-state index contributed by atoms with van der Waals surface area (Å²) in [5.41, 5.74) is 3.53. The molecule has 3 aromatic carbocycles. The van der Waals surface area contributed by atoms with Gasteiger partial charge in [-0.3, -0.25) is 14.9 Å². The molecule has 2 N–H and O–H groups in total. The summed E-state index contributed by atoms with van der Waals surface area (Å²) in [6, 6.07) is 21.3. The molecule has 0 saturated carbocycles. The molecule has 1 aliphatic heterocycles. The molecule has 6 nitrogen and oxygen atoms in total. The quantitative estimate of drug-likeness (QED) is 0.331. The van der Waals surface area contributed by atoms with E-state index in [2.05, 4.69) is 26.6 Å². The highest BCUT2D eigenvalue weighted by Gasteiger charge is 2.30. The number of nitro groups is 1. The number of benzene rings is 3. The Labute approximate surface area is 169 Å². The van der Waals surface area contributed by atoms with Gasteiger partial charge in [0.05, 0.1) is 16.2 Å². The van der Waals surface area contributed by atoms with E-state index in [4.69, 9.17) is 0 Å².